The van der Waals surface area contributed by atoms with Crippen LogP contribution in [-0.2, 0) is 11.3 Å². The highest BCUT2D eigenvalue weighted by Crippen LogP contribution is 2.15. The van der Waals surface area contributed by atoms with E-state index in [0.29, 0.717) is 24.8 Å². The van der Waals surface area contributed by atoms with Crippen molar-refractivity contribution in [3.05, 3.63) is 48.3 Å². The Kier molecular flexibility index (Phi) is 7.96. The average Bonchev–Trinajstić information content (AvgIpc) is 2.99. The maximum absolute atomic E-state index is 14.1. The van der Waals surface area contributed by atoms with Gasteiger partial charge in [0.15, 0.2) is 5.96 Å². The topological polar surface area (TPSA) is 77.5 Å². The number of halogens is 2. The van der Waals surface area contributed by atoms with Crippen molar-refractivity contribution in [2.24, 2.45) is 10.7 Å². The third kappa shape index (κ3) is 5.79. The highest BCUT2D eigenvalue weighted by Gasteiger charge is 2.06. The Hall–Kier alpha value is -1.68. The Morgan fingerprint density at radius 1 is 1.52 bits per heavy atom. The number of methoxy groups -OCH3 is 1. The molecule has 0 fully saturated rings. The molecule has 0 amide bonds. The van der Waals surface area contributed by atoms with Crippen molar-refractivity contribution in [2.45, 2.75) is 19.5 Å². The van der Waals surface area contributed by atoms with Gasteiger partial charge in [-0.15, -0.1) is 24.0 Å². The van der Waals surface area contributed by atoms with Crippen LogP contribution in [-0.4, -0.2) is 35.3 Å². The van der Waals surface area contributed by atoms with Crippen LogP contribution in [0.1, 0.15) is 12.5 Å². The minimum Gasteiger partial charge on any atom is -0.383 e. The maximum Gasteiger partial charge on any atom is 0.189 e. The fourth-order valence-electron chi connectivity index (χ4n) is 2.03. The SMILES string of the molecule is COCC(C)NC(N)=NCc1ccc(-n2ccnc2)c(F)c1.I. The lowest BCUT2D eigenvalue weighted by atomic mass is 10.2. The molecule has 8 heteroatoms. The summed E-state index contributed by atoms with van der Waals surface area (Å²) in [6.45, 7) is 2.77. The molecule has 126 valence electrons. The van der Waals surface area contributed by atoms with Gasteiger partial charge < -0.3 is 20.4 Å². The summed E-state index contributed by atoms with van der Waals surface area (Å²) in [7, 11) is 1.62. The van der Waals surface area contributed by atoms with E-state index in [1.807, 2.05) is 13.0 Å². The Morgan fingerprint density at radius 2 is 2.30 bits per heavy atom. The molecule has 6 nitrogen and oxygen atoms in total. The molecule has 0 saturated carbocycles. The molecule has 1 heterocycles. The normalized spacial score (nSPS) is 12.6. The van der Waals surface area contributed by atoms with E-state index < -0.39 is 0 Å². The standard InChI is InChI=1S/C15H20FN5O.HI/c1-11(9-22-2)20-15(17)19-8-12-3-4-14(13(16)7-12)21-6-5-18-10-21;/h3-7,10-11H,8-9H2,1-2H3,(H3,17,19,20);1H. The number of hydrogen-bond donors (Lipinski definition) is 2. The van der Waals surface area contributed by atoms with Crippen LogP contribution in [0.4, 0.5) is 4.39 Å². The monoisotopic (exact) mass is 433 g/mol. The van der Waals surface area contributed by atoms with Crippen LogP contribution in [0.5, 0.6) is 0 Å². The zero-order valence-electron chi connectivity index (χ0n) is 13.1. The Bertz CT molecular complexity index is 633. The molecule has 1 aromatic heterocycles. The summed E-state index contributed by atoms with van der Waals surface area (Å²) in [5, 5.41) is 3.00. The minimum absolute atomic E-state index is 0. The van der Waals surface area contributed by atoms with Gasteiger partial charge in [0, 0.05) is 25.5 Å². The molecule has 3 N–H and O–H groups in total. The van der Waals surface area contributed by atoms with Gasteiger partial charge in [0.25, 0.3) is 0 Å². The Balaban J connectivity index is 0.00000264. The van der Waals surface area contributed by atoms with Crippen molar-refractivity contribution >= 4 is 29.9 Å². The summed E-state index contributed by atoms with van der Waals surface area (Å²) in [5.41, 5.74) is 6.97. The van der Waals surface area contributed by atoms with Gasteiger partial charge in [-0.1, -0.05) is 6.07 Å². The van der Waals surface area contributed by atoms with Gasteiger partial charge in [-0.25, -0.2) is 14.4 Å². The molecule has 0 aliphatic heterocycles. The molecule has 0 aliphatic rings. The predicted molar refractivity (Wildman–Crippen MR) is 98.7 cm³/mol. The van der Waals surface area contributed by atoms with Gasteiger partial charge in [0.2, 0.25) is 0 Å². The Labute approximate surface area is 152 Å². The van der Waals surface area contributed by atoms with Gasteiger partial charge >= 0.3 is 0 Å². The largest absolute Gasteiger partial charge is 0.383 e. The molecule has 2 aromatic rings. The lowest BCUT2D eigenvalue weighted by Crippen LogP contribution is -2.40. The van der Waals surface area contributed by atoms with Crippen LogP contribution in [0, 0.1) is 5.82 Å². The molecule has 1 unspecified atom stereocenters. The van der Waals surface area contributed by atoms with Gasteiger partial charge in [0.1, 0.15) is 5.82 Å². The first kappa shape index (κ1) is 19.4. The van der Waals surface area contributed by atoms with Crippen molar-refractivity contribution < 1.29 is 9.13 Å². The summed E-state index contributed by atoms with van der Waals surface area (Å²) >= 11 is 0. The molecule has 23 heavy (non-hydrogen) atoms. The molecular weight excluding hydrogens is 412 g/mol. The molecule has 0 radical (unpaired) electrons. The minimum atomic E-state index is -0.329. The lowest BCUT2D eigenvalue weighted by Gasteiger charge is -2.13. The number of rotatable bonds is 6. The lowest BCUT2D eigenvalue weighted by molar-refractivity contribution is 0.179. The smallest absolute Gasteiger partial charge is 0.189 e. The van der Waals surface area contributed by atoms with Crippen LogP contribution in [0.15, 0.2) is 41.9 Å². The molecule has 0 saturated heterocycles. The Morgan fingerprint density at radius 3 is 2.91 bits per heavy atom. The number of imidazole rings is 1. The quantitative estimate of drug-likeness (QED) is 0.416. The summed E-state index contributed by atoms with van der Waals surface area (Å²) in [4.78, 5) is 8.10. The molecular formula is C15H21FIN5O. The second kappa shape index (κ2) is 9.46. The van der Waals surface area contributed by atoms with Gasteiger partial charge in [-0.05, 0) is 24.6 Å². The van der Waals surface area contributed by atoms with Crippen molar-refractivity contribution in [1.29, 1.82) is 0 Å². The van der Waals surface area contributed by atoms with Crippen molar-refractivity contribution in [3.8, 4) is 5.69 Å². The van der Waals surface area contributed by atoms with E-state index in [1.165, 1.54) is 6.07 Å². The van der Waals surface area contributed by atoms with E-state index in [4.69, 9.17) is 10.5 Å². The van der Waals surface area contributed by atoms with Gasteiger partial charge in [0.05, 0.1) is 25.2 Å². The van der Waals surface area contributed by atoms with Crippen LogP contribution >= 0.6 is 24.0 Å². The van der Waals surface area contributed by atoms with E-state index in [2.05, 4.69) is 15.3 Å². The molecule has 1 atom stereocenters. The van der Waals surface area contributed by atoms with E-state index in [1.54, 1.807) is 36.5 Å². The number of guanidine groups is 1. The van der Waals surface area contributed by atoms with E-state index >= 15 is 0 Å². The second-order valence-electron chi connectivity index (χ2n) is 4.96. The zero-order valence-corrected chi connectivity index (χ0v) is 15.4. The number of benzene rings is 1. The van der Waals surface area contributed by atoms with Crippen LogP contribution in [0.25, 0.3) is 5.69 Å². The van der Waals surface area contributed by atoms with Crippen LogP contribution < -0.4 is 11.1 Å². The molecule has 0 aliphatic carbocycles. The zero-order chi connectivity index (χ0) is 15.9. The first-order valence-corrected chi connectivity index (χ1v) is 6.92. The number of nitrogens with one attached hydrogen (secondary N) is 1. The van der Waals surface area contributed by atoms with Gasteiger partial charge in [-0.3, -0.25) is 0 Å². The highest BCUT2D eigenvalue weighted by molar-refractivity contribution is 14.0. The molecule has 1 aromatic carbocycles. The summed E-state index contributed by atoms with van der Waals surface area (Å²) in [5.74, 6) is -0.0198. The number of nitrogens with zero attached hydrogens (tertiary/aromatic N) is 3. The van der Waals surface area contributed by atoms with Crippen LogP contribution in [0.3, 0.4) is 0 Å². The van der Waals surface area contributed by atoms with Crippen molar-refractivity contribution in [1.82, 2.24) is 14.9 Å². The average molecular weight is 433 g/mol. The third-order valence-electron chi connectivity index (χ3n) is 3.04. The first-order chi connectivity index (χ1) is 10.6. The fourth-order valence-corrected chi connectivity index (χ4v) is 2.03. The predicted octanol–water partition coefficient (Wildman–Crippen LogP) is 2.07. The van der Waals surface area contributed by atoms with Crippen molar-refractivity contribution in [2.75, 3.05) is 13.7 Å². The van der Waals surface area contributed by atoms with E-state index in [0.717, 1.165) is 5.56 Å². The summed E-state index contributed by atoms with van der Waals surface area (Å²) in [6.07, 6.45) is 4.84. The number of nitrogens with two attached hydrogens (primary N) is 1. The second-order valence-corrected chi connectivity index (χ2v) is 4.96. The maximum atomic E-state index is 14.1. The number of hydrogen-bond acceptors (Lipinski definition) is 3. The number of ether oxygens (including phenoxy) is 1. The highest BCUT2D eigenvalue weighted by atomic mass is 127. The number of aliphatic imine (C=N–C) groups is 1. The van der Waals surface area contributed by atoms with Crippen LogP contribution in [0.2, 0.25) is 0 Å². The van der Waals surface area contributed by atoms with Crippen molar-refractivity contribution in [3.63, 3.8) is 0 Å². The summed E-state index contributed by atoms with van der Waals surface area (Å²) < 4.78 is 20.7. The van der Waals surface area contributed by atoms with Gasteiger partial charge in [-0.2, -0.15) is 0 Å². The first-order valence-electron chi connectivity index (χ1n) is 6.92. The third-order valence-corrected chi connectivity index (χ3v) is 3.04. The summed E-state index contributed by atoms with van der Waals surface area (Å²) in [6, 6.07) is 5.02. The van der Waals surface area contributed by atoms with E-state index in [-0.39, 0.29) is 35.8 Å². The molecule has 2 rings (SSSR count). The molecule has 0 bridgehead atoms. The van der Waals surface area contributed by atoms with E-state index in [9.17, 15) is 4.39 Å². The number of aromatic nitrogens is 2. The fraction of sp³-hybridized carbons (Fsp3) is 0.333. The molecule has 0 spiro atoms.